The van der Waals surface area contributed by atoms with E-state index in [0.29, 0.717) is 42.3 Å². The van der Waals surface area contributed by atoms with Crippen LogP contribution in [0.1, 0.15) is 31.0 Å². The number of carbonyl (C=O) groups excluding carboxylic acids is 1. The Labute approximate surface area is 270 Å². The Morgan fingerprint density at radius 3 is 2.45 bits per heavy atom. The van der Waals surface area contributed by atoms with Gasteiger partial charge in [0.05, 0.1) is 49.8 Å². The standard InChI is InChI=1S/C28H23BrI2N2O6S/c1-6-8-39-25-18(30)9-15(10-19(25)31)11-22-26(34)33-24(16-12-20(36-4)21(37-5)13-17(16)29)23(27(35)38-7-2)14(3)32-28(33)40-22/h1,9-13,24H,7-8H2,2-5H3/b22-11-/t24-/m0/s1. The van der Waals surface area contributed by atoms with E-state index in [1.165, 1.54) is 30.1 Å². The Kier molecular flexibility index (Phi) is 10.0. The minimum atomic E-state index is -0.813. The summed E-state index contributed by atoms with van der Waals surface area (Å²) in [5.41, 5.74) is 1.89. The third kappa shape index (κ3) is 5.97. The fraction of sp³-hybridized carbons (Fsp3) is 0.250. The molecule has 1 aromatic heterocycles. The minimum Gasteiger partial charge on any atom is -0.493 e. The molecule has 12 heteroatoms. The highest BCUT2D eigenvalue weighted by Crippen LogP contribution is 2.40. The zero-order chi connectivity index (χ0) is 29.1. The predicted molar refractivity (Wildman–Crippen MR) is 174 cm³/mol. The van der Waals surface area contributed by atoms with E-state index in [1.807, 2.05) is 18.2 Å². The van der Waals surface area contributed by atoms with Crippen LogP contribution in [-0.4, -0.2) is 38.0 Å². The summed E-state index contributed by atoms with van der Waals surface area (Å²) in [5, 5.41) is 0. The number of thiazole rings is 1. The second-order valence-electron chi connectivity index (χ2n) is 8.34. The van der Waals surface area contributed by atoms with E-state index in [2.05, 4.69) is 72.0 Å². The van der Waals surface area contributed by atoms with Crippen molar-refractivity contribution in [1.29, 1.82) is 0 Å². The van der Waals surface area contributed by atoms with E-state index in [1.54, 1.807) is 26.0 Å². The lowest BCUT2D eigenvalue weighted by atomic mass is 9.95. The molecule has 0 spiro atoms. The van der Waals surface area contributed by atoms with Crippen molar-refractivity contribution in [2.45, 2.75) is 19.9 Å². The van der Waals surface area contributed by atoms with Crippen LogP contribution < -0.4 is 29.1 Å². The maximum Gasteiger partial charge on any atom is 0.338 e. The van der Waals surface area contributed by atoms with Crippen molar-refractivity contribution < 1.29 is 23.7 Å². The fourth-order valence-electron chi connectivity index (χ4n) is 4.23. The molecular formula is C28H23BrI2N2O6S. The molecule has 0 amide bonds. The number of terminal acetylenes is 1. The minimum absolute atomic E-state index is 0.164. The largest absolute Gasteiger partial charge is 0.493 e. The second-order valence-corrected chi connectivity index (χ2v) is 12.5. The van der Waals surface area contributed by atoms with Crippen molar-refractivity contribution in [2.24, 2.45) is 4.99 Å². The zero-order valence-corrected chi connectivity index (χ0v) is 28.6. The number of methoxy groups -OCH3 is 2. The van der Waals surface area contributed by atoms with Gasteiger partial charge >= 0.3 is 5.97 Å². The Morgan fingerprint density at radius 2 is 1.85 bits per heavy atom. The lowest BCUT2D eigenvalue weighted by Gasteiger charge is -2.26. The van der Waals surface area contributed by atoms with Crippen LogP contribution in [-0.2, 0) is 9.53 Å². The van der Waals surface area contributed by atoms with Gasteiger partial charge in [-0.1, -0.05) is 33.2 Å². The topological polar surface area (TPSA) is 88.3 Å². The third-order valence-electron chi connectivity index (χ3n) is 5.93. The van der Waals surface area contributed by atoms with Crippen LogP contribution in [0.3, 0.4) is 0 Å². The first-order valence-corrected chi connectivity index (χ1v) is 15.6. The van der Waals surface area contributed by atoms with Gasteiger partial charge in [0, 0.05) is 4.47 Å². The second kappa shape index (κ2) is 13.1. The number of fused-ring (bicyclic) bond motifs is 1. The van der Waals surface area contributed by atoms with E-state index in [9.17, 15) is 9.59 Å². The van der Waals surface area contributed by atoms with Gasteiger partial charge in [-0.05, 0) is 100 Å². The van der Waals surface area contributed by atoms with Crippen molar-refractivity contribution in [2.75, 3.05) is 27.4 Å². The summed E-state index contributed by atoms with van der Waals surface area (Å²) < 4.78 is 26.4. The third-order valence-corrected chi connectivity index (χ3v) is 9.20. The first-order valence-electron chi connectivity index (χ1n) is 11.8. The molecule has 40 heavy (non-hydrogen) atoms. The quantitative estimate of drug-likeness (QED) is 0.184. The van der Waals surface area contributed by atoms with E-state index in [-0.39, 0.29) is 24.3 Å². The van der Waals surface area contributed by atoms with Crippen molar-refractivity contribution in [3.8, 4) is 29.6 Å². The van der Waals surface area contributed by atoms with Crippen LogP contribution in [0.15, 0.2) is 49.8 Å². The molecule has 2 aromatic carbocycles. The van der Waals surface area contributed by atoms with Crippen LogP contribution in [0.4, 0.5) is 0 Å². The molecule has 4 rings (SSSR count). The van der Waals surface area contributed by atoms with Crippen molar-refractivity contribution in [1.82, 2.24) is 4.57 Å². The number of aromatic nitrogens is 1. The Balaban J connectivity index is 1.96. The summed E-state index contributed by atoms with van der Waals surface area (Å²) in [6.45, 7) is 3.82. The number of rotatable bonds is 8. The lowest BCUT2D eigenvalue weighted by molar-refractivity contribution is -0.139. The molecule has 1 aliphatic heterocycles. The molecule has 0 radical (unpaired) electrons. The lowest BCUT2D eigenvalue weighted by Crippen LogP contribution is -2.40. The molecule has 0 unspecified atom stereocenters. The van der Waals surface area contributed by atoms with Crippen molar-refractivity contribution in [3.63, 3.8) is 0 Å². The number of nitrogens with zero attached hydrogens (tertiary/aromatic N) is 2. The predicted octanol–water partition coefficient (Wildman–Crippen LogP) is 4.80. The number of esters is 1. The van der Waals surface area contributed by atoms with Gasteiger partial charge in [0.2, 0.25) is 0 Å². The van der Waals surface area contributed by atoms with E-state index in [4.69, 9.17) is 25.4 Å². The van der Waals surface area contributed by atoms with Gasteiger partial charge in [0.25, 0.3) is 5.56 Å². The molecule has 3 aromatic rings. The summed E-state index contributed by atoms with van der Waals surface area (Å²) in [6, 6.07) is 6.53. The molecule has 0 fully saturated rings. The molecule has 0 aliphatic carbocycles. The zero-order valence-electron chi connectivity index (χ0n) is 21.8. The van der Waals surface area contributed by atoms with Gasteiger partial charge in [0.15, 0.2) is 16.3 Å². The SMILES string of the molecule is C#CCOc1c(I)cc(/C=c2\sc3n(c2=O)[C@@H](c2cc(OC)c(OC)cc2Br)C(C(=O)OCC)=C(C)N=3)cc1I. The number of benzene rings is 2. The van der Waals surface area contributed by atoms with Crippen molar-refractivity contribution in [3.05, 3.63) is 78.0 Å². The highest BCUT2D eigenvalue weighted by atomic mass is 127. The summed E-state index contributed by atoms with van der Waals surface area (Å²) >= 11 is 9.23. The molecule has 1 atom stereocenters. The monoisotopic (exact) mass is 848 g/mol. The van der Waals surface area contributed by atoms with Gasteiger partial charge < -0.3 is 18.9 Å². The molecule has 0 saturated carbocycles. The average molecular weight is 849 g/mol. The smallest absolute Gasteiger partial charge is 0.338 e. The maximum atomic E-state index is 14.0. The maximum absolute atomic E-state index is 14.0. The van der Waals surface area contributed by atoms with E-state index >= 15 is 0 Å². The summed E-state index contributed by atoms with van der Waals surface area (Å²) in [5.74, 6) is 3.59. The van der Waals surface area contributed by atoms with E-state index < -0.39 is 12.0 Å². The highest BCUT2D eigenvalue weighted by Gasteiger charge is 2.35. The fourth-order valence-corrected chi connectivity index (χ4v) is 7.94. The number of ether oxygens (including phenoxy) is 4. The van der Waals surface area contributed by atoms with Crippen LogP contribution in [0.2, 0.25) is 0 Å². The first-order chi connectivity index (χ1) is 19.1. The van der Waals surface area contributed by atoms with Crippen LogP contribution in [0.25, 0.3) is 6.08 Å². The first kappa shape index (κ1) is 30.6. The van der Waals surface area contributed by atoms with Crippen molar-refractivity contribution >= 4 is 84.5 Å². The van der Waals surface area contributed by atoms with Crippen LogP contribution >= 0.6 is 72.4 Å². The molecule has 2 heterocycles. The number of carbonyl (C=O) groups is 1. The average Bonchev–Trinajstić information content (AvgIpc) is 3.21. The van der Waals surface area contributed by atoms with Gasteiger partial charge in [0.1, 0.15) is 12.4 Å². The number of hydrogen-bond acceptors (Lipinski definition) is 8. The Morgan fingerprint density at radius 1 is 1.20 bits per heavy atom. The summed E-state index contributed by atoms with van der Waals surface area (Å²) in [4.78, 5) is 32.3. The normalized spacial score (nSPS) is 14.8. The van der Waals surface area contributed by atoms with E-state index in [0.717, 1.165) is 12.7 Å². The number of allylic oxidation sites excluding steroid dienone is 1. The van der Waals surface area contributed by atoms with Gasteiger partial charge in [-0.3, -0.25) is 9.36 Å². The molecule has 0 saturated heterocycles. The molecule has 0 N–H and O–H groups in total. The van der Waals surface area contributed by atoms with Gasteiger partial charge in [-0.2, -0.15) is 0 Å². The van der Waals surface area contributed by atoms with Crippen LogP contribution in [0, 0.1) is 19.5 Å². The molecule has 1 aliphatic rings. The molecular weight excluding hydrogens is 826 g/mol. The van der Waals surface area contributed by atoms with Gasteiger partial charge in [-0.25, -0.2) is 9.79 Å². The molecule has 208 valence electrons. The Hall–Kier alpha value is -2.35. The molecule has 8 nitrogen and oxygen atoms in total. The van der Waals surface area contributed by atoms with Gasteiger partial charge in [-0.15, -0.1) is 6.42 Å². The molecule has 0 bridgehead atoms. The summed E-state index contributed by atoms with van der Waals surface area (Å²) in [6.07, 6.45) is 7.15. The number of hydrogen-bond donors (Lipinski definition) is 0. The number of halogens is 3. The summed E-state index contributed by atoms with van der Waals surface area (Å²) in [7, 11) is 3.07. The van der Waals surface area contributed by atoms with Crippen LogP contribution in [0.5, 0.6) is 17.2 Å². The highest BCUT2D eigenvalue weighted by molar-refractivity contribution is 14.1. The Bertz CT molecular complexity index is 1730.